The van der Waals surface area contributed by atoms with Crippen molar-refractivity contribution < 1.29 is 27.1 Å². The van der Waals surface area contributed by atoms with Crippen molar-refractivity contribution in [2.24, 2.45) is 10.2 Å². The SMILES string of the molecule is NS(=O)(=O)c1ccc([N+]2(c3ccc(C(=O)O)cc3)C=CC(C(F)F)=N2)cc1. The number of carbonyl (C=O) groups is 1. The second-order valence-electron chi connectivity index (χ2n) is 5.72. The van der Waals surface area contributed by atoms with Crippen molar-refractivity contribution in [2.75, 3.05) is 0 Å². The number of alkyl halides is 2. The van der Waals surface area contributed by atoms with Gasteiger partial charge in [0, 0.05) is 30.3 Å². The van der Waals surface area contributed by atoms with Gasteiger partial charge in [-0.05, 0) is 24.3 Å². The van der Waals surface area contributed by atoms with Gasteiger partial charge in [-0.1, -0.05) is 5.10 Å². The van der Waals surface area contributed by atoms with Gasteiger partial charge in [0.1, 0.15) is 6.20 Å². The van der Waals surface area contributed by atoms with Crippen LogP contribution in [0.3, 0.4) is 0 Å². The van der Waals surface area contributed by atoms with Crippen LogP contribution in [0.2, 0.25) is 0 Å². The Bertz CT molecular complexity index is 1050. The monoisotopic (exact) mass is 394 g/mol. The molecule has 1 aliphatic heterocycles. The number of rotatable bonds is 5. The zero-order valence-electron chi connectivity index (χ0n) is 13.7. The lowest BCUT2D eigenvalue weighted by molar-refractivity contribution is 0.0697. The number of primary sulfonamides is 1. The first-order valence-electron chi connectivity index (χ1n) is 7.57. The molecule has 0 saturated heterocycles. The first-order valence-corrected chi connectivity index (χ1v) is 9.12. The van der Waals surface area contributed by atoms with E-state index < -0.39 is 32.7 Å². The van der Waals surface area contributed by atoms with Crippen molar-refractivity contribution in [3.63, 3.8) is 0 Å². The molecule has 0 radical (unpaired) electrons. The molecule has 7 nitrogen and oxygen atoms in total. The van der Waals surface area contributed by atoms with E-state index in [-0.39, 0.29) is 10.5 Å². The Labute approximate surface area is 153 Å². The van der Waals surface area contributed by atoms with Crippen molar-refractivity contribution in [1.29, 1.82) is 0 Å². The third-order valence-electron chi connectivity index (χ3n) is 4.02. The minimum Gasteiger partial charge on any atom is -0.478 e. The largest absolute Gasteiger partial charge is 0.478 e. The number of hydrogen-bond acceptors (Lipinski definition) is 4. The summed E-state index contributed by atoms with van der Waals surface area (Å²) in [6, 6.07) is 10.9. The number of quaternary nitrogens is 1. The number of aromatic carboxylic acids is 1. The molecule has 3 N–H and O–H groups in total. The number of nitrogens with zero attached hydrogens (tertiary/aromatic N) is 2. The number of hydrogen-bond donors (Lipinski definition) is 2. The quantitative estimate of drug-likeness (QED) is 0.760. The van der Waals surface area contributed by atoms with Gasteiger partial charge in [0.25, 0.3) is 6.43 Å². The Kier molecular flexibility index (Phi) is 4.64. The molecule has 10 heteroatoms. The van der Waals surface area contributed by atoms with Crippen LogP contribution < -0.4 is 9.73 Å². The normalized spacial score (nSPS) is 19.3. The van der Waals surface area contributed by atoms with E-state index in [1.54, 1.807) is 0 Å². The fourth-order valence-corrected chi connectivity index (χ4v) is 3.20. The maximum atomic E-state index is 13.1. The number of carboxylic acid groups (broad SMARTS) is 1. The third-order valence-corrected chi connectivity index (χ3v) is 4.95. The number of benzene rings is 2. The van der Waals surface area contributed by atoms with Gasteiger partial charge >= 0.3 is 5.97 Å². The summed E-state index contributed by atoms with van der Waals surface area (Å²) in [6.07, 6.45) is -0.227. The lowest BCUT2D eigenvalue weighted by Gasteiger charge is -2.25. The molecular weight excluding hydrogens is 380 g/mol. The Balaban J connectivity index is 2.15. The van der Waals surface area contributed by atoms with E-state index in [1.165, 1.54) is 60.8 Å². The second kappa shape index (κ2) is 6.65. The van der Waals surface area contributed by atoms with Crippen LogP contribution in [0.1, 0.15) is 10.4 Å². The molecule has 1 atom stereocenters. The van der Waals surface area contributed by atoms with Crippen LogP contribution in [0.15, 0.2) is 70.8 Å². The molecule has 2 aromatic carbocycles. The number of carboxylic acids is 1. The van der Waals surface area contributed by atoms with Crippen LogP contribution in [0.4, 0.5) is 20.2 Å². The van der Waals surface area contributed by atoms with E-state index in [4.69, 9.17) is 10.2 Å². The van der Waals surface area contributed by atoms with E-state index in [9.17, 15) is 22.0 Å². The topological polar surface area (TPSA) is 110 Å². The fourth-order valence-electron chi connectivity index (χ4n) is 2.68. The number of allylic oxidation sites excluding steroid dienone is 1. The van der Waals surface area contributed by atoms with Crippen molar-refractivity contribution in [2.45, 2.75) is 11.3 Å². The van der Waals surface area contributed by atoms with Gasteiger partial charge in [0.15, 0.2) is 17.1 Å². The van der Waals surface area contributed by atoms with Crippen LogP contribution in [0, 0.1) is 0 Å². The lowest BCUT2D eigenvalue weighted by atomic mass is 10.1. The smallest absolute Gasteiger partial charge is 0.335 e. The molecule has 2 aromatic rings. The highest BCUT2D eigenvalue weighted by molar-refractivity contribution is 7.89. The first-order chi connectivity index (χ1) is 12.6. The van der Waals surface area contributed by atoms with E-state index >= 15 is 0 Å². The van der Waals surface area contributed by atoms with E-state index in [2.05, 4.69) is 5.10 Å². The van der Waals surface area contributed by atoms with Crippen molar-refractivity contribution in [1.82, 2.24) is 4.59 Å². The van der Waals surface area contributed by atoms with Crippen LogP contribution >= 0.6 is 0 Å². The molecular formula is C17H14F2N3O4S+. The van der Waals surface area contributed by atoms with Gasteiger partial charge in [0.05, 0.1) is 10.5 Å². The fraction of sp³-hybridized carbons (Fsp3) is 0.0588. The number of sulfonamides is 1. The summed E-state index contributed by atoms with van der Waals surface area (Å²) in [4.78, 5) is 10.9. The molecule has 1 unspecified atom stereocenters. The van der Waals surface area contributed by atoms with Gasteiger partial charge in [0.2, 0.25) is 10.0 Å². The van der Waals surface area contributed by atoms with Gasteiger partial charge in [-0.25, -0.2) is 27.1 Å². The predicted octanol–water partition coefficient (Wildman–Crippen LogP) is 2.82. The molecule has 1 aliphatic rings. The Morgan fingerprint density at radius 2 is 1.56 bits per heavy atom. The number of halogens is 2. The maximum Gasteiger partial charge on any atom is 0.335 e. The molecule has 1 heterocycles. The Morgan fingerprint density at radius 1 is 1.04 bits per heavy atom. The third kappa shape index (κ3) is 3.50. The standard InChI is InChI=1S/C17H13F2N3O4S/c18-16(19)15-9-10-22(21-15,12-3-1-11(2-4-12)17(23)24)13-5-7-14(8-6-13)27(20,25)26/h1-10,16H,(H2-,20,23,24,25,26)/p+1. The summed E-state index contributed by atoms with van der Waals surface area (Å²) in [7, 11) is -3.91. The van der Waals surface area contributed by atoms with E-state index in [1.807, 2.05) is 0 Å². The maximum absolute atomic E-state index is 13.1. The van der Waals surface area contributed by atoms with Crippen LogP contribution in [0.5, 0.6) is 0 Å². The van der Waals surface area contributed by atoms with Crippen LogP contribution in [0.25, 0.3) is 0 Å². The van der Waals surface area contributed by atoms with Crippen LogP contribution in [-0.4, -0.2) is 31.6 Å². The molecule has 0 spiro atoms. The summed E-state index contributed by atoms with van der Waals surface area (Å²) >= 11 is 0. The average Bonchev–Trinajstić information content (AvgIpc) is 3.08. The zero-order valence-corrected chi connectivity index (χ0v) is 14.5. The molecule has 3 rings (SSSR count). The molecule has 0 bridgehead atoms. The second-order valence-corrected chi connectivity index (χ2v) is 7.28. The summed E-state index contributed by atoms with van der Waals surface area (Å²) in [6.45, 7) is 0. The molecule has 0 aromatic heterocycles. The zero-order chi connectivity index (χ0) is 19.8. The molecule has 0 amide bonds. The summed E-state index contributed by atoms with van der Waals surface area (Å²) < 4.78 is 48.7. The molecule has 27 heavy (non-hydrogen) atoms. The average molecular weight is 394 g/mol. The lowest BCUT2D eigenvalue weighted by Crippen LogP contribution is -2.31. The Morgan fingerprint density at radius 3 is 1.96 bits per heavy atom. The number of nitrogens with two attached hydrogens (primary N) is 1. The van der Waals surface area contributed by atoms with E-state index in [0.29, 0.717) is 11.4 Å². The van der Waals surface area contributed by atoms with Crippen molar-refractivity contribution >= 4 is 33.1 Å². The minimum absolute atomic E-state index is 0.0303. The molecule has 0 saturated carbocycles. The summed E-state index contributed by atoms with van der Waals surface area (Å²) in [5.41, 5.74) is 0.350. The van der Waals surface area contributed by atoms with Crippen LogP contribution in [-0.2, 0) is 10.0 Å². The van der Waals surface area contributed by atoms with Gasteiger partial charge in [-0.15, -0.1) is 4.59 Å². The van der Waals surface area contributed by atoms with Crippen molar-refractivity contribution in [3.05, 3.63) is 66.4 Å². The molecule has 0 aliphatic carbocycles. The minimum atomic E-state index is -3.91. The van der Waals surface area contributed by atoms with Gasteiger partial charge < -0.3 is 5.11 Å². The summed E-state index contributed by atoms with van der Waals surface area (Å²) in [5.74, 6) is -1.13. The van der Waals surface area contributed by atoms with Gasteiger partial charge in [-0.3, -0.25) is 0 Å². The highest BCUT2D eigenvalue weighted by atomic mass is 32.2. The van der Waals surface area contributed by atoms with E-state index in [0.717, 1.165) is 0 Å². The Hall–Kier alpha value is -2.95. The first kappa shape index (κ1) is 18.8. The van der Waals surface area contributed by atoms with Crippen molar-refractivity contribution in [3.8, 4) is 0 Å². The van der Waals surface area contributed by atoms with Gasteiger partial charge in [-0.2, -0.15) is 0 Å². The summed E-state index contributed by atoms with van der Waals surface area (Å²) in [5, 5.41) is 18.2. The predicted molar refractivity (Wildman–Crippen MR) is 95.2 cm³/mol. The highest BCUT2D eigenvalue weighted by Crippen LogP contribution is 2.39. The molecule has 140 valence electrons. The highest BCUT2D eigenvalue weighted by Gasteiger charge is 2.38. The molecule has 0 fully saturated rings.